The Labute approximate surface area is 181 Å². The summed E-state index contributed by atoms with van der Waals surface area (Å²) >= 11 is 0. The Morgan fingerprint density at radius 1 is 1.06 bits per heavy atom. The van der Waals surface area contributed by atoms with E-state index in [4.69, 9.17) is 4.74 Å². The zero-order valence-corrected chi connectivity index (χ0v) is 18.0. The second-order valence-corrected chi connectivity index (χ2v) is 8.13. The van der Waals surface area contributed by atoms with Gasteiger partial charge < -0.3 is 15.4 Å². The van der Waals surface area contributed by atoms with E-state index in [0.29, 0.717) is 17.0 Å². The zero-order chi connectivity index (χ0) is 22.3. The number of esters is 1. The number of carbonyl (C=O) groups is 3. The van der Waals surface area contributed by atoms with Crippen LogP contribution in [0.5, 0.6) is 0 Å². The van der Waals surface area contributed by atoms with E-state index >= 15 is 0 Å². The first-order valence-corrected chi connectivity index (χ1v) is 10.2. The fourth-order valence-corrected chi connectivity index (χ4v) is 4.07. The molecule has 0 spiro atoms. The molecule has 1 atom stereocenters. The van der Waals surface area contributed by atoms with Gasteiger partial charge in [-0.05, 0) is 50.5 Å². The molecule has 7 nitrogen and oxygen atoms in total. The maximum Gasteiger partial charge on any atom is 0.338 e. The molecule has 3 amide bonds. The van der Waals surface area contributed by atoms with Crippen LogP contribution in [-0.2, 0) is 14.3 Å². The largest absolute Gasteiger partial charge is 0.456 e. The molecule has 31 heavy (non-hydrogen) atoms. The Hall–Kier alpha value is -3.61. The highest BCUT2D eigenvalue weighted by Crippen LogP contribution is 2.36. The van der Waals surface area contributed by atoms with Gasteiger partial charge in [0.2, 0.25) is 5.91 Å². The van der Waals surface area contributed by atoms with E-state index in [-0.39, 0.29) is 19.1 Å². The molecule has 0 saturated carbocycles. The molecule has 0 radical (unpaired) electrons. The van der Waals surface area contributed by atoms with Crippen LogP contribution in [0.3, 0.4) is 0 Å². The van der Waals surface area contributed by atoms with Crippen molar-refractivity contribution >= 4 is 23.6 Å². The molecule has 1 unspecified atom stereocenters. The van der Waals surface area contributed by atoms with Gasteiger partial charge in [-0.15, -0.1) is 0 Å². The minimum Gasteiger partial charge on any atom is -0.456 e. The van der Waals surface area contributed by atoms with E-state index in [1.165, 1.54) is 4.90 Å². The van der Waals surface area contributed by atoms with E-state index < -0.39 is 18.0 Å². The van der Waals surface area contributed by atoms with Crippen LogP contribution >= 0.6 is 0 Å². The highest BCUT2D eigenvalue weighted by atomic mass is 16.5. The van der Waals surface area contributed by atoms with Crippen molar-refractivity contribution in [2.45, 2.75) is 33.7 Å². The number of hydrogen-bond acceptors (Lipinski definition) is 4. The lowest BCUT2D eigenvalue weighted by Gasteiger charge is -2.33. The Bertz CT molecular complexity index is 1140. The molecular weight excluding hydrogens is 394 g/mol. The Kier molecular flexibility index (Phi) is 5.27. The third-order valence-corrected chi connectivity index (χ3v) is 5.70. The average molecular weight is 419 g/mol. The molecule has 160 valence electrons. The Morgan fingerprint density at radius 2 is 1.77 bits per heavy atom. The number of rotatable bonds is 4. The van der Waals surface area contributed by atoms with E-state index in [1.54, 1.807) is 0 Å². The molecule has 2 aromatic rings. The molecule has 0 aliphatic carbocycles. The summed E-state index contributed by atoms with van der Waals surface area (Å²) < 4.78 is 5.25. The second-order valence-electron chi connectivity index (χ2n) is 8.13. The number of nitrogens with zero attached hydrogens (tertiary/aromatic N) is 1. The maximum atomic E-state index is 13.0. The van der Waals surface area contributed by atoms with E-state index in [2.05, 4.69) is 10.6 Å². The van der Waals surface area contributed by atoms with Gasteiger partial charge in [-0.25, -0.2) is 9.59 Å². The molecule has 2 aliphatic rings. The molecule has 0 fully saturated rings. The predicted octanol–water partition coefficient (Wildman–Crippen LogP) is 3.44. The van der Waals surface area contributed by atoms with Crippen LogP contribution < -0.4 is 10.6 Å². The van der Waals surface area contributed by atoms with Crippen LogP contribution in [0.2, 0.25) is 0 Å². The van der Waals surface area contributed by atoms with Gasteiger partial charge in [0, 0.05) is 5.69 Å². The number of nitrogens with one attached hydrogen (secondary N) is 2. The number of amides is 3. The van der Waals surface area contributed by atoms with Crippen molar-refractivity contribution in [2.24, 2.45) is 0 Å². The van der Waals surface area contributed by atoms with Crippen molar-refractivity contribution in [2.75, 3.05) is 18.5 Å². The van der Waals surface area contributed by atoms with Gasteiger partial charge in [-0.1, -0.05) is 41.5 Å². The van der Waals surface area contributed by atoms with Gasteiger partial charge in [-0.3, -0.25) is 9.69 Å². The number of anilines is 1. The van der Waals surface area contributed by atoms with Crippen molar-refractivity contribution in [3.63, 3.8) is 0 Å². The number of carbonyl (C=O) groups excluding carboxylic acids is 3. The summed E-state index contributed by atoms with van der Waals surface area (Å²) in [7, 11) is 0. The highest BCUT2D eigenvalue weighted by molar-refractivity contribution is 6.00. The van der Waals surface area contributed by atoms with Gasteiger partial charge in [0.25, 0.3) is 0 Å². The first kappa shape index (κ1) is 20.7. The number of ether oxygens (including phenoxy) is 1. The molecular formula is C24H25N3O4. The Morgan fingerprint density at radius 3 is 2.52 bits per heavy atom. The number of aryl methyl sites for hydroxylation is 4. The summed E-state index contributed by atoms with van der Waals surface area (Å²) in [6.45, 7) is 7.54. The maximum absolute atomic E-state index is 13.0. The lowest BCUT2D eigenvalue weighted by molar-refractivity contribution is -0.136. The van der Waals surface area contributed by atoms with E-state index in [1.807, 2.05) is 64.1 Å². The van der Waals surface area contributed by atoms with Crippen molar-refractivity contribution in [1.82, 2.24) is 10.2 Å². The molecule has 0 saturated heterocycles. The second kappa shape index (κ2) is 7.91. The first-order chi connectivity index (χ1) is 14.7. The molecule has 4 rings (SSSR count). The molecule has 7 heteroatoms. The molecule has 2 heterocycles. The van der Waals surface area contributed by atoms with Crippen LogP contribution in [0.4, 0.5) is 10.5 Å². The topological polar surface area (TPSA) is 87.7 Å². The number of benzene rings is 2. The number of cyclic esters (lactones) is 1. The molecule has 0 aromatic heterocycles. The van der Waals surface area contributed by atoms with Crippen molar-refractivity contribution in [3.05, 3.63) is 75.5 Å². The van der Waals surface area contributed by atoms with Gasteiger partial charge in [0.15, 0.2) is 0 Å². The smallest absolute Gasteiger partial charge is 0.338 e. The number of hydrogen-bond donors (Lipinski definition) is 2. The SMILES string of the molecule is Cc1ccc(NC(=O)CN2C(=O)NC(c3cc(C)ccc3C)C3=C2COC3=O)c(C)c1. The Balaban J connectivity index is 1.62. The molecule has 2 aliphatic heterocycles. The van der Waals surface area contributed by atoms with Crippen molar-refractivity contribution < 1.29 is 19.1 Å². The summed E-state index contributed by atoms with van der Waals surface area (Å²) in [6, 6.07) is 10.6. The molecule has 2 N–H and O–H groups in total. The van der Waals surface area contributed by atoms with Crippen LogP contribution in [0.25, 0.3) is 0 Å². The molecule has 2 aromatic carbocycles. The third kappa shape index (κ3) is 3.91. The van der Waals surface area contributed by atoms with E-state index in [0.717, 1.165) is 27.8 Å². The summed E-state index contributed by atoms with van der Waals surface area (Å²) in [6.07, 6.45) is 0. The minimum atomic E-state index is -0.601. The number of urea groups is 1. The summed E-state index contributed by atoms with van der Waals surface area (Å²) in [5, 5.41) is 5.74. The average Bonchev–Trinajstić information content (AvgIpc) is 3.10. The van der Waals surface area contributed by atoms with Crippen LogP contribution in [0, 0.1) is 27.7 Å². The van der Waals surface area contributed by atoms with Crippen LogP contribution in [0.15, 0.2) is 47.7 Å². The fraction of sp³-hybridized carbons (Fsp3) is 0.292. The van der Waals surface area contributed by atoms with Gasteiger partial charge in [0.05, 0.1) is 17.3 Å². The summed E-state index contributed by atoms with van der Waals surface area (Å²) in [4.78, 5) is 39.5. The van der Waals surface area contributed by atoms with Crippen LogP contribution in [0.1, 0.15) is 33.9 Å². The van der Waals surface area contributed by atoms with Crippen LogP contribution in [-0.4, -0.2) is 36.0 Å². The van der Waals surface area contributed by atoms with E-state index in [9.17, 15) is 14.4 Å². The highest BCUT2D eigenvalue weighted by Gasteiger charge is 2.43. The van der Waals surface area contributed by atoms with Gasteiger partial charge in [-0.2, -0.15) is 0 Å². The zero-order valence-electron chi connectivity index (χ0n) is 18.0. The van der Waals surface area contributed by atoms with Gasteiger partial charge >= 0.3 is 12.0 Å². The quantitative estimate of drug-likeness (QED) is 0.744. The van der Waals surface area contributed by atoms with Crippen molar-refractivity contribution in [3.8, 4) is 0 Å². The standard InChI is InChI=1S/C24H25N3O4/c1-13-6-8-18(16(4)9-13)25-20(28)11-27-19-12-31-23(29)21(19)22(26-24(27)30)17-10-14(2)5-7-15(17)3/h5-10,22H,11-12H2,1-4H3,(H,25,28)(H,26,30). The monoisotopic (exact) mass is 419 g/mol. The lowest BCUT2D eigenvalue weighted by Crippen LogP contribution is -2.49. The van der Waals surface area contributed by atoms with Gasteiger partial charge in [0.1, 0.15) is 13.2 Å². The first-order valence-electron chi connectivity index (χ1n) is 10.2. The summed E-state index contributed by atoms with van der Waals surface area (Å²) in [5.74, 6) is -0.820. The fourth-order valence-electron chi connectivity index (χ4n) is 4.07. The minimum absolute atomic E-state index is 0.0280. The lowest BCUT2D eigenvalue weighted by atomic mass is 9.91. The molecule has 0 bridgehead atoms. The van der Waals surface area contributed by atoms with Crippen molar-refractivity contribution in [1.29, 1.82) is 0 Å². The predicted molar refractivity (Wildman–Crippen MR) is 116 cm³/mol. The summed E-state index contributed by atoms with van der Waals surface area (Å²) in [5.41, 5.74) is 6.38. The third-order valence-electron chi connectivity index (χ3n) is 5.70. The normalized spacial score (nSPS) is 17.9.